The second-order valence-electron chi connectivity index (χ2n) is 8.56. The van der Waals surface area contributed by atoms with Gasteiger partial charge in [-0.15, -0.1) is 0 Å². The fraction of sp³-hybridized carbons (Fsp3) is 0.619. The Morgan fingerprint density at radius 1 is 1.14 bits per heavy atom. The summed E-state index contributed by atoms with van der Waals surface area (Å²) in [7, 11) is 0. The molecule has 2 amide bonds. The highest BCUT2D eigenvalue weighted by atomic mass is 35.5. The van der Waals surface area contributed by atoms with Gasteiger partial charge in [0.05, 0.1) is 18.1 Å². The van der Waals surface area contributed by atoms with Gasteiger partial charge in [0.2, 0.25) is 5.91 Å². The predicted octanol–water partition coefficient (Wildman–Crippen LogP) is 3.83. The van der Waals surface area contributed by atoms with Gasteiger partial charge in [-0.2, -0.15) is 0 Å². The van der Waals surface area contributed by atoms with Crippen LogP contribution in [0.3, 0.4) is 0 Å². The molecule has 1 aliphatic carbocycles. The van der Waals surface area contributed by atoms with Crippen LogP contribution >= 0.6 is 11.6 Å². The molecule has 1 aliphatic heterocycles. The summed E-state index contributed by atoms with van der Waals surface area (Å²) in [6.07, 6.45) is 2.07. The molecule has 0 radical (unpaired) electrons. The Morgan fingerprint density at radius 2 is 1.79 bits per heavy atom. The van der Waals surface area contributed by atoms with E-state index in [0.29, 0.717) is 30.8 Å². The van der Waals surface area contributed by atoms with Gasteiger partial charge in [0.1, 0.15) is 0 Å². The Hall–Kier alpha value is -1.79. The van der Waals surface area contributed by atoms with Gasteiger partial charge in [-0.1, -0.05) is 50.4 Å². The van der Waals surface area contributed by atoms with Crippen LogP contribution in [0.1, 0.15) is 57.6 Å². The van der Waals surface area contributed by atoms with Crippen LogP contribution in [0.5, 0.6) is 0 Å². The van der Waals surface area contributed by atoms with Crippen LogP contribution in [-0.2, 0) is 4.79 Å². The zero-order chi connectivity index (χ0) is 20.5. The highest BCUT2D eigenvalue weighted by Crippen LogP contribution is 2.46. The highest BCUT2D eigenvalue weighted by molar-refractivity contribution is 6.30. The van der Waals surface area contributed by atoms with Crippen molar-refractivity contribution in [3.8, 4) is 0 Å². The third-order valence-corrected chi connectivity index (χ3v) is 6.63. The predicted molar refractivity (Wildman–Crippen MR) is 107 cm³/mol. The molecule has 0 spiro atoms. The van der Waals surface area contributed by atoms with Gasteiger partial charge in [0, 0.05) is 23.0 Å². The van der Waals surface area contributed by atoms with Gasteiger partial charge in [-0.05, 0) is 37.0 Å². The molecule has 1 aromatic carbocycles. The number of halogens is 1. The maximum atomic E-state index is 13.6. The molecule has 2 fully saturated rings. The molecule has 4 atom stereocenters. The van der Waals surface area contributed by atoms with Crippen molar-refractivity contribution in [1.82, 2.24) is 10.2 Å². The minimum atomic E-state index is -1.09. The number of amides is 2. The van der Waals surface area contributed by atoms with Crippen LogP contribution in [-0.4, -0.2) is 45.8 Å². The highest BCUT2D eigenvalue weighted by Gasteiger charge is 2.48. The number of aliphatic hydroxyl groups is 1. The summed E-state index contributed by atoms with van der Waals surface area (Å²) >= 11 is 6.04. The van der Waals surface area contributed by atoms with Crippen LogP contribution in [0.4, 0.5) is 4.79 Å². The minimum absolute atomic E-state index is 0.0293. The second kappa shape index (κ2) is 8.29. The van der Waals surface area contributed by atoms with E-state index in [1.165, 1.54) is 0 Å². The molecule has 3 rings (SSSR count). The lowest BCUT2D eigenvalue weighted by molar-refractivity contribution is -0.152. The van der Waals surface area contributed by atoms with Crippen molar-refractivity contribution in [2.75, 3.05) is 6.54 Å². The van der Waals surface area contributed by atoms with Crippen molar-refractivity contribution in [1.29, 1.82) is 0 Å². The molecule has 28 heavy (non-hydrogen) atoms. The fourth-order valence-electron chi connectivity index (χ4n) is 4.81. The number of rotatable bonds is 3. The summed E-state index contributed by atoms with van der Waals surface area (Å²) in [5.74, 6) is -0.399. The average molecular weight is 409 g/mol. The van der Waals surface area contributed by atoms with Crippen molar-refractivity contribution < 1.29 is 19.8 Å². The Kier molecular flexibility index (Phi) is 6.20. The molecule has 0 aromatic heterocycles. The van der Waals surface area contributed by atoms with Gasteiger partial charge >= 0.3 is 6.09 Å². The van der Waals surface area contributed by atoms with Crippen molar-refractivity contribution in [2.24, 2.45) is 11.3 Å². The lowest BCUT2D eigenvalue weighted by Crippen LogP contribution is -2.57. The molecular weight excluding hydrogens is 380 g/mol. The zero-order valence-electron chi connectivity index (χ0n) is 16.4. The molecule has 6 nitrogen and oxygen atoms in total. The summed E-state index contributed by atoms with van der Waals surface area (Å²) in [5, 5.41) is 23.0. The van der Waals surface area contributed by atoms with E-state index in [0.717, 1.165) is 18.4 Å². The van der Waals surface area contributed by atoms with E-state index in [1.54, 1.807) is 12.1 Å². The number of carboxylic acid groups (broad SMARTS) is 1. The Balaban J connectivity index is 1.93. The fourth-order valence-corrected chi connectivity index (χ4v) is 4.94. The normalized spacial score (nSPS) is 29.9. The minimum Gasteiger partial charge on any atom is -0.465 e. The lowest BCUT2D eigenvalue weighted by Gasteiger charge is -2.51. The molecule has 1 heterocycles. The van der Waals surface area contributed by atoms with E-state index >= 15 is 0 Å². The standard InChI is InChI=1S/C21H29ClN2O4/c1-21(2)17(25)11-12-24(18(21)13-7-9-14(22)10-8-13)19(26)15-5-3-4-6-16(15)23-20(27)28/h7-10,15-18,23,25H,3-6,11-12H2,1-2H3,(H,27,28)/t15-,16+,17?,18-/m0/s1. The number of nitrogens with zero attached hydrogens (tertiary/aromatic N) is 1. The first-order valence-electron chi connectivity index (χ1n) is 9.95. The number of likely N-dealkylation sites (tertiary alicyclic amines) is 1. The van der Waals surface area contributed by atoms with Crippen LogP contribution < -0.4 is 5.32 Å². The molecule has 0 bridgehead atoms. The number of hydrogen-bond donors (Lipinski definition) is 3. The van der Waals surface area contributed by atoms with Crippen molar-refractivity contribution >= 4 is 23.6 Å². The molecule has 1 unspecified atom stereocenters. The Morgan fingerprint density at radius 3 is 2.43 bits per heavy atom. The van der Waals surface area contributed by atoms with E-state index in [9.17, 15) is 14.7 Å². The van der Waals surface area contributed by atoms with Gasteiger partial charge in [-0.25, -0.2) is 4.79 Å². The lowest BCUT2D eigenvalue weighted by atomic mass is 9.70. The molecule has 2 aliphatic rings. The number of benzene rings is 1. The number of hydrogen-bond acceptors (Lipinski definition) is 3. The first-order valence-corrected chi connectivity index (χ1v) is 10.3. The SMILES string of the molecule is CC1(C)C(O)CCN(C(=O)[C@H]2CCCC[C@H]2NC(=O)O)[C@H]1c1ccc(Cl)cc1. The van der Waals surface area contributed by atoms with Crippen LogP contribution in [0.15, 0.2) is 24.3 Å². The first kappa shape index (κ1) is 20.9. The van der Waals surface area contributed by atoms with Crippen LogP contribution in [0.25, 0.3) is 0 Å². The summed E-state index contributed by atoms with van der Waals surface area (Å²) in [6.45, 7) is 4.40. The number of carbonyl (C=O) groups excluding carboxylic acids is 1. The van der Waals surface area contributed by atoms with Crippen LogP contribution in [0, 0.1) is 11.3 Å². The second-order valence-corrected chi connectivity index (χ2v) is 8.99. The molecule has 154 valence electrons. The third kappa shape index (κ3) is 4.13. The molecule has 3 N–H and O–H groups in total. The van der Waals surface area contributed by atoms with E-state index < -0.39 is 17.6 Å². The van der Waals surface area contributed by atoms with Gasteiger partial charge in [0.25, 0.3) is 0 Å². The van der Waals surface area contributed by atoms with Crippen molar-refractivity contribution in [2.45, 2.75) is 64.1 Å². The average Bonchev–Trinajstić information content (AvgIpc) is 2.64. The van der Waals surface area contributed by atoms with E-state index in [2.05, 4.69) is 5.32 Å². The molecule has 7 heteroatoms. The van der Waals surface area contributed by atoms with E-state index in [1.807, 2.05) is 30.9 Å². The third-order valence-electron chi connectivity index (χ3n) is 6.38. The maximum Gasteiger partial charge on any atom is 0.404 e. The number of carbonyl (C=O) groups is 2. The van der Waals surface area contributed by atoms with Crippen molar-refractivity contribution in [3.05, 3.63) is 34.9 Å². The van der Waals surface area contributed by atoms with Gasteiger partial charge < -0.3 is 20.4 Å². The number of piperidine rings is 1. The number of nitrogens with one attached hydrogen (secondary N) is 1. The summed E-state index contributed by atoms with van der Waals surface area (Å²) in [5.41, 5.74) is 0.395. The first-order chi connectivity index (χ1) is 13.2. The van der Waals surface area contributed by atoms with E-state index in [4.69, 9.17) is 16.7 Å². The van der Waals surface area contributed by atoms with Crippen molar-refractivity contribution in [3.63, 3.8) is 0 Å². The molecule has 1 saturated carbocycles. The Labute approximate surface area is 170 Å². The largest absolute Gasteiger partial charge is 0.465 e. The maximum absolute atomic E-state index is 13.6. The topological polar surface area (TPSA) is 89.9 Å². The molecule has 1 saturated heterocycles. The van der Waals surface area contributed by atoms with E-state index in [-0.39, 0.29) is 23.9 Å². The quantitative estimate of drug-likeness (QED) is 0.709. The summed E-state index contributed by atoms with van der Waals surface area (Å²) in [4.78, 5) is 26.6. The summed E-state index contributed by atoms with van der Waals surface area (Å²) in [6, 6.07) is 6.74. The van der Waals surface area contributed by atoms with Gasteiger partial charge in [0.15, 0.2) is 0 Å². The smallest absolute Gasteiger partial charge is 0.404 e. The number of aliphatic hydroxyl groups excluding tert-OH is 1. The Bertz CT molecular complexity index is 722. The van der Waals surface area contributed by atoms with Gasteiger partial charge in [-0.3, -0.25) is 4.79 Å². The molecular formula is C21H29ClN2O4. The van der Waals surface area contributed by atoms with Crippen LogP contribution in [0.2, 0.25) is 5.02 Å². The zero-order valence-corrected chi connectivity index (χ0v) is 17.2. The molecule has 1 aromatic rings. The monoisotopic (exact) mass is 408 g/mol. The summed E-state index contributed by atoms with van der Waals surface area (Å²) < 4.78 is 0.